The fourth-order valence-corrected chi connectivity index (χ4v) is 1.39. The molecule has 0 fully saturated rings. The summed E-state index contributed by atoms with van der Waals surface area (Å²) in [6.45, 7) is 6.88. The van der Waals surface area contributed by atoms with Gasteiger partial charge in [-0.1, -0.05) is 27.2 Å². The van der Waals surface area contributed by atoms with Gasteiger partial charge in [0.15, 0.2) is 0 Å². The van der Waals surface area contributed by atoms with E-state index in [9.17, 15) is 0 Å². The van der Waals surface area contributed by atoms with Gasteiger partial charge in [0, 0.05) is 11.9 Å². The van der Waals surface area contributed by atoms with Crippen LogP contribution in [0.3, 0.4) is 0 Å². The summed E-state index contributed by atoms with van der Waals surface area (Å²) >= 11 is 0. The van der Waals surface area contributed by atoms with Crippen molar-refractivity contribution in [3.05, 3.63) is 18.2 Å². The topological polar surface area (TPSA) is 28.7 Å². The highest BCUT2D eigenvalue weighted by Gasteiger charge is 2.08. The van der Waals surface area contributed by atoms with Gasteiger partial charge in [-0.25, -0.2) is 4.98 Å². The molecule has 13 heavy (non-hydrogen) atoms. The molecular formula is C11H20N2. The lowest BCUT2D eigenvalue weighted by Gasteiger charge is -2.17. The smallest absolute Gasteiger partial charge is 0.0921 e. The minimum absolute atomic E-state index is 0.480. The summed E-state index contributed by atoms with van der Waals surface area (Å²) in [6.07, 6.45) is 8.68. The van der Waals surface area contributed by atoms with Gasteiger partial charge in [-0.05, 0) is 24.7 Å². The molecule has 1 rings (SSSR count). The normalized spacial score (nSPS) is 11.9. The highest BCUT2D eigenvalue weighted by Crippen LogP contribution is 2.21. The Balaban J connectivity index is 2.09. The van der Waals surface area contributed by atoms with Crippen LogP contribution in [0.5, 0.6) is 0 Å². The minimum Gasteiger partial charge on any atom is -0.348 e. The molecule has 1 N–H and O–H groups in total. The number of aromatic nitrogens is 2. The number of nitrogens with one attached hydrogen (secondary N) is 1. The molecule has 2 nitrogen and oxygen atoms in total. The van der Waals surface area contributed by atoms with Crippen LogP contribution in [0.15, 0.2) is 12.5 Å². The third-order valence-electron chi connectivity index (χ3n) is 2.18. The van der Waals surface area contributed by atoms with Gasteiger partial charge in [0.05, 0.1) is 6.33 Å². The monoisotopic (exact) mass is 180 g/mol. The number of hydrogen-bond acceptors (Lipinski definition) is 1. The van der Waals surface area contributed by atoms with Crippen molar-refractivity contribution < 1.29 is 0 Å². The molecule has 1 aromatic heterocycles. The van der Waals surface area contributed by atoms with E-state index in [1.165, 1.54) is 25.0 Å². The lowest BCUT2D eigenvalue weighted by atomic mass is 9.89. The van der Waals surface area contributed by atoms with Crippen molar-refractivity contribution in [2.45, 2.75) is 46.5 Å². The second-order valence-electron chi connectivity index (χ2n) is 4.84. The van der Waals surface area contributed by atoms with E-state index in [2.05, 4.69) is 30.7 Å². The third kappa shape index (κ3) is 4.71. The molecule has 0 amide bonds. The molecule has 0 aliphatic rings. The Labute approximate surface area is 80.8 Å². The van der Waals surface area contributed by atoms with Crippen molar-refractivity contribution in [3.8, 4) is 0 Å². The average molecular weight is 180 g/mol. The number of nitrogens with zero attached hydrogens (tertiary/aromatic N) is 1. The van der Waals surface area contributed by atoms with Crippen LogP contribution < -0.4 is 0 Å². The van der Waals surface area contributed by atoms with E-state index in [0.29, 0.717) is 5.41 Å². The Hall–Kier alpha value is -0.790. The molecule has 0 saturated heterocycles. The van der Waals surface area contributed by atoms with E-state index < -0.39 is 0 Å². The fourth-order valence-electron chi connectivity index (χ4n) is 1.39. The summed E-state index contributed by atoms with van der Waals surface area (Å²) in [4.78, 5) is 7.12. The summed E-state index contributed by atoms with van der Waals surface area (Å²) in [6, 6.07) is 0. The zero-order valence-corrected chi connectivity index (χ0v) is 8.93. The first-order valence-corrected chi connectivity index (χ1v) is 5.05. The lowest BCUT2D eigenvalue weighted by Crippen LogP contribution is -2.04. The van der Waals surface area contributed by atoms with Crippen LogP contribution in [0, 0.1) is 5.41 Å². The second-order valence-corrected chi connectivity index (χ2v) is 4.84. The van der Waals surface area contributed by atoms with Crippen LogP contribution >= 0.6 is 0 Å². The summed E-state index contributed by atoms with van der Waals surface area (Å²) in [5, 5.41) is 0. The number of unbranched alkanes of at least 4 members (excludes halogenated alkanes) is 1. The molecule has 0 aliphatic carbocycles. The van der Waals surface area contributed by atoms with E-state index >= 15 is 0 Å². The molecule has 0 radical (unpaired) electrons. The molecular weight excluding hydrogens is 160 g/mol. The maximum absolute atomic E-state index is 3.99. The van der Waals surface area contributed by atoms with Crippen molar-refractivity contribution >= 4 is 0 Å². The van der Waals surface area contributed by atoms with Crippen molar-refractivity contribution in [1.82, 2.24) is 9.97 Å². The first-order chi connectivity index (χ1) is 6.08. The van der Waals surface area contributed by atoms with E-state index in [0.717, 1.165) is 6.42 Å². The van der Waals surface area contributed by atoms with E-state index in [-0.39, 0.29) is 0 Å². The van der Waals surface area contributed by atoms with Crippen LogP contribution in [0.25, 0.3) is 0 Å². The number of rotatable bonds is 4. The Kier molecular flexibility index (Phi) is 3.52. The van der Waals surface area contributed by atoms with Gasteiger partial charge in [0.1, 0.15) is 0 Å². The summed E-state index contributed by atoms with van der Waals surface area (Å²) in [7, 11) is 0. The molecule has 0 atom stereocenters. The van der Waals surface area contributed by atoms with Gasteiger partial charge in [-0.15, -0.1) is 0 Å². The van der Waals surface area contributed by atoms with Crippen molar-refractivity contribution in [1.29, 1.82) is 0 Å². The van der Waals surface area contributed by atoms with E-state index in [4.69, 9.17) is 0 Å². The number of imidazole rings is 1. The van der Waals surface area contributed by atoms with Crippen LogP contribution in [0.2, 0.25) is 0 Å². The molecule has 2 heteroatoms. The molecule has 0 spiro atoms. The zero-order valence-electron chi connectivity index (χ0n) is 8.93. The van der Waals surface area contributed by atoms with Gasteiger partial charge in [0.25, 0.3) is 0 Å². The first kappa shape index (κ1) is 10.3. The Bertz CT molecular complexity index is 219. The van der Waals surface area contributed by atoms with Crippen LogP contribution in [0.4, 0.5) is 0 Å². The SMILES string of the molecule is CC(C)(C)CCCCc1cnc[nH]1. The number of hydrogen-bond donors (Lipinski definition) is 1. The average Bonchev–Trinajstić information content (AvgIpc) is 2.48. The lowest BCUT2D eigenvalue weighted by molar-refractivity contribution is 0.360. The molecule has 1 heterocycles. The highest BCUT2D eigenvalue weighted by atomic mass is 14.9. The summed E-state index contributed by atoms with van der Waals surface area (Å²) in [5.74, 6) is 0. The molecule has 1 aromatic rings. The minimum atomic E-state index is 0.480. The van der Waals surface area contributed by atoms with Gasteiger partial charge in [0.2, 0.25) is 0 Å². The number of aromatic amines is 1. The maximum atomic E-state index is 3.99. The second kappa shape index (κ2) is 4.45. The Morgan fingerprint density at radius 1 is 1.31 bits per heavy atom. The number of aryl methyl sites for hydroxylation is 1. The molecule has 0 bridgehead atoms. The maximum Gasteiger partial charge on any atom is 0.0921 e. The summed E-state index contributed by atoms with van der Waals surface area (Å²) < 4.78 is 0. The summed E-state index contributed by atoms with van der Waals surface area (Å²) in [5.41, 5.74) is 1.74. The molecule has 0 aromatic carbocycles. The van der Waals surface area contributed by atoms with E-state index in [1.807, 2.05) is 6.20 Å². The van der Waals surface area contributed by atoms with Crippen LogP contribution in [-0.2, 0) is 6.42 Å². The van der Waals surface area contributed by atoms with Crippen LogP contribution in [-0.4, -0.2) is 9.97 Å². The van der Waals surface area contributed by atoms with Gasteiger partial charge < -0.3 is 4.98 Å². The fraction of sp³-hybridized carbons (Fsp3) is 0.727. The van der Waals surface area contributed by atoms with Gasteiger partial charge in [-0.2, -0.15) is 0 Å². The zero-order chi connectivity index (χ0) is 9.73. The third-order valence-corrected chi connectivity index (χ3v) is 2.18. The number of H-pyrrole nitrogens is 1. The molecule has 0 saturated carbocycles. The molecule has 0 aliphatic heterocycles. The predicted octanol–water partition coefficient (Wildman–Crippen LogP) is 3.17. The largest absolute Gasteiger partial charge is 0.348 e. The standard InChI is InChI=1S/C11H20N2/c1-11(2,3)7-5-4-6-10-8-12-9-13-10/h8-9H,4-7H2,1-3H3,(H,12,13). The predicted molar refractivity (Wildman–Crippen MR) is 55.6 cm³/mol. The quantitative estimate of drug-likeness (QED) is 0.708. The molecule has 74 valence electrons. The van der Waals surface area contributed by atoms with Crippen LogP contribution in [0.1, 0.15) is 45.7 Å². The van der Waals surface area contributed by atoms with Gasteiger partial charge >= 0.3 is 0 Å². The van der Waals surface area contributed by atoms with Crippen molar-refractivity contribution in [3.63, 3.8) is 0 Å². The van der Waals surface area contributed by atoms with Gasteiger partial charge in [-0.3, -0.25) is 0 Å². The first-order valence-electron chi connectivity index (χ1n) is 5.05. The van der Waals surface area contributed by atoms with E-state index in [1.54, 1.807) is 6.33 Å². The highest BCUT2D eigenvalue weighted by molar-refractivity contribution is 4.93. The van der Waals surface area contributed by atoms with Crippen molar-refractivity contribution in [2.75, 3.05) is 0 Å². The molecule has 0 unspecified atom stereocenters. The Morgan fingerprint density at radius 2 is 2.08 bits per heavy atom. The Morgan fingerprint density at radius 3 is 2.62 bits per heavy atom. The van der Waals surface area contributed by atoms with Crippen molar-refractivity contribution in [2.24, 2.45) is 5.41 Å².